The maximum absolute atomic E-state index is 10.7. The van der Waals surface area contributed by atoms with Gasteiger partial charge in [-0.15, -0.1) is 0 Å². The van der Waals surface area contributed by atoms with Crippen LogP contribution in [0.1, 0.15) is 10.5 Å². The average Bonchev–Trinajstić information content (AvgIpc) is 2.61. The van der Waals surface area contributed by atoms with Crippen LogP contribution in [0.4, 0.5) is 5.69 Å². The van der Waals surface area contributed by atoms with E-state index < -0.39 is 5.97 Å². The molecule has 82 valence electrons. The van der Waals surface area contributed by atoms with Crippen LogP contribution in [0.15, 0.2) is 23.1 Å². The minimum absolute atomic E-state index is 0.0685. The minimum Gasteiger partial charge on any atom is -0.476 e. The van der Waals surface area contributed by atoms with Gasteiger partial charge in [-0.1, -0.05) is 0 Å². The molecule has 2 rings (SSSR count). The number of nitrogens with zero attached hydrogens (tertiary/aromatic N) is 4. The van der Waals surface area contributed by atoms with Crippen LogP contribution in [0.5, 0.6) is 0 Å². The third-order valence-electron chi connectivity index (χ3n) is 1.76. The number of carbonyl (C=O) groups is 1. The van der Waals surface area contributed by atoms with E-state index in [1.54, 1.807) is 0 Å². The summed E-state index contributed by atoms with van der Waals surface area (Å²) in [5.74, 6) is -0.934. The Bertz CT molecular complexity index is 536. The van der Waals surface area contributed by atoms with Gasteiger partial charge in [0.15, 0.2) is 5.69 Å². The van der Waals surface area contributed by atoms with Crippen molar-refractivity contribution in [3.8, 4) is 5.95 Å². The molecule has 0 bridgehead atoms. The van der Waals surface area contributed by atoms with Gasteiger partial charge < -0.3 is 10.8 Å². The van der Waals surface area contributed by atoms with Crippen molar-refractivity contribution < 1.29 is 9.90 Å². The van der Waals surface area contributed by atoms with Gasteiger partial charge in [0, 0.05) is 12.4 Å². The summed E-state index contributed by atoms with van der Waals surface area (Å²) >= 11 is 3.19. The Morgan fingerprint density at radius 1 is 1.44 bits per heavy atom. The Morgan fingerprint density at radius 2 is 2.06 bits per heavy atom. The number of carboxylic acid groups (broad SMARTS) is 1. The van der Waals surface area contributed by atoms with Crippen LogP contribution in [0.3, 0.4) is 0 Å². The molecule has 2 heterocycles. The topological polar surface area (TPSA) is 107 Å². The normalized spacial score (nSPS) is 10.3. The molecule has 2 aromatic heterocycles. The fourth-order valence-electron chi connectivity index (χ4n) is 1.08. The summed E-state index contributed by atoms with van der Waals surface area (Å²) < 4.78 is 1.93. The van der Waals surface area contributed by atoms with Crippen molar-refractivity contribution in [2.45, 2.75) is 0 Å². The van der Waals surface area contributed by atoms with Gasteiger partial charge in [-0.3, -0.25) is 0 Å². The maximum atomic E-state index is 10.7. The van der Waals surface area contributed by atoms with Gasteiger partial charge in [-0.25, -0.2) is 19.4 Å². The number of anilines is 1. The highest BCUT2D eigenvalue weighted by Gasteiger charge is 2.14. The monoisotopic (exact) mass is 283 g/mol. The molecule has 0 saturated heterocycles. The summed E-state index contributed by atoms with van der Waals surface area (Å²) in [6.07, 6.45) is 4.41. The highest BCUT2D eigenvalue weighted by atomic mass is 79.9. The second-order valence-corrected chi connectivity index (χ2v) is 3.80. The van der Waals surface area contributed by atoms with Crippen molar-refractivity contribution in [1.82, 2.24) is 19.7 Å². The lowest BCUT2D eigenvalue weighted by Crippen LogP contribution is -2.04. The zero-order valence-corrected chi connectivity index (χ0v) is 9.42. The van der Waals surface area contributed by atoms with E-state index in [2.05, 4.69) is 31.0 Å². The van der Waals surface area contributed by atoms with Crippen molar-refractivity contribution >= 4 is 27.6 Å². The number of nitrogens with two attached hydrogens (primary N) is 1. The number of nitrogen functional groups attached to an aromatic ring is 1. The third kappa shape index (κ3) is 1.87. The lowest BCUT2D eigenvalue weighted by atomic mass is 10.4. The molecule has 0 fully saturated rings. The summed E-state index contributed by atoms with van der Waals surface area (Å²) in [4.78, 5) is 18.6. The summed E-state index contributed by atoms with van der Waals surface area (Å²) in [5, 5.41) is 12.5. The van der Waals surface area contributed by atoms with Gasteiger partial charge in [0.1, 0.15) is 0 Å². The Morgan fingerprint density at radius 3 is 2.56 bits per heavy atom. The second-order valence-electron chi connectivity index (χ2n) is 2.88. The smallest absolute Gasteiger partial charge is 0.358 e. The predicted molar refractivity (Wildman–Crippen MR) is 58.2 cm³/mol. The molecule has 16 heavy (non-hydrogen) atoms. The number of rotatable bonds is 2. The second kappa shape index (κ2) is 3.89. The van der Waals surface area contributed by atoms with Gasteiger partial charge in [0.25, 0.3) is 5.95 Å². The number of hydrogen-bond acceptors (Lipinski definition) is 5. The largest absolute Gasteiger partial charge is 0.476 e. The Labute approximate surface area is 98.1 Å². The van der Waals surface area contributed by atoms with Crippen LogP contribution >= 0.6 is 15.9 Å². The molecule has 0 radical (unpaired) electrons. The maximum Gasteiger partial charge on any atom is 0.358 e. The molecule has 0 amide bonds. The van der Waals surface area contributed by atoms with Crippen LogP contribution in [-0.2, 0) is 0 Å². The number of halogens is 1. The first-order chi connectivity index (χ1) is 7.58. The van der Waals surface area contributed by atoms with E-state index in [1.807, 2.05) is 0 Å². The summed E-state index contributed by atoms with van der Waals surface area (Å²) in [5.41, 5.74) is 5.33. The van der Waals surface area contributed by atoms with Gasteiger partial charge in [0.2, 0.25) is 0 Å². The molecule has 0 unspecified atom stereocenters. The molecular weight excluding hydrogens is 278 g/mol. The fraction of sp³-hybridized carbons (Fsp3) is 0. The highest BCUT2D eigenvalue weighted by molar-refractivity contribution is 9.10. The molecule has 0 aliphatic carbocycles. The van der Waals surface area contributed by atoms with E-state index in [1.165, 1.54) is 23.3 Å². The van der Waals surface area contributed by atoms with Crippen LogP contribution < -0.4 is 5.73 Å². The highest BCUT2D eigenvalue weighted by Crippen LogP contribution is 2.12. The van der Waals surface area contributed by atoms with Gasteiger partial charge in [0.05, 0.1) is 16.4 Å². The summed E-state index contributed by atoms with van der Waals surface area (Å²) in [6.45, 7) is 0. The number of carboxylic acids is 1. The van der Waals surface area contributed by atoms with Crippen molar-refractivity contribution in [2.75, 3.05) is 5.73 Å². The molecule has 0 aliphatic rings. The van der Waals surface area contributed by atoms with Crippen molar-refractivity contribution in [2.24, 2.45) is 0 Å². The summed E-state index contributed by atoms with van der Waals surface area (Å²) in [6, 6.07) is 0. The van der Waals surface area contributed by atoms with Crippen LogP contribution in [0.2, 0.25) is 0 Å². The third-order valence-corrected chi connectivity index (χ3v) is 2.17. The first-order valence-corrected chi connectivity index (χ1v) is 4.93. The van der Waals surface area contributed by atoms with E-state index in [4.69, 9.17) is 10.8 Å². The lowest BCUT2D eigenvalue weighted by Gasteiger charge is -1.97. The molecule has 0 spiro atoms. The predicted octanol–water partition coefficient (Wildman–Crippen LogP) is 0.705. The molecule has 3 N–H and O–H groups in total. The van der Waals surface area contributed by atoms with Crippen molar-refractivity contribution in [3.63, 3.8) is 0 Å². The average molecular weight is 284 g/mol. The molecule has 0 saturated carbocycles. The van der Waals surface area contributed by atoms with Gasteiger partial charge >= 0.3 is 5.97 Å². The Hall–Kier alpha value is -1.96. The molecule has 0 aromatic carbocycles. The number of aromatic nitrogens is 4. The van der Waals surface area contributed by atoms with E-state index in [9.17, 15) is 4.79 Å². The molecule has 0 aliphatic heterocycles. The summed E-state index contributed by atoms with van der Waals surface area (Å²) in [7, 11) is 0. The molecule has 7 nitrogen and oxygen atoms in total. The number of aromatic carboxylic acids is 1. The Kier molecular flexibility index (Phi) is 2.57. The minimum atomic E-state index is -1.19. The Balaban J connectivity index is 2.45. The lowest BCUT2D eigenvalue weighted by molar-refractivity contribution is 0.0691. The molecule has 8 heteroatoms. The van der Waals surface area contributed by atoms with Gasteiger partial charge in [-0.05, 0) is 15.9 Å². The SMILES string of the molecule is Nc1cn(-c2ncc(Br)cn2)nc1C(=O)O. The van der Waals surface area contributed by atoms with E-state index >= 15 is 0 Å². The van der Waals surface area contributed by atoms with Crippen LogP contribution in [0, 0.1) is 0 Å². The van der Waals surface area contributed by atoms with Gasteiger partial charge in [-0.2, -0.15) is 5.10 Å². The zero-order valence-electron chi connectivity index (χ0n) is 7.83. The zero-order chi connectivity index (χ0) is 11.7. The standard InChI is InChI=1S/C8H6BrN5O2/c9-4-1-11-8(12-2-4)14-3-5(10)6(13-14)7(15)16/h1-3H,10H2,(H,15,16). The van der Waals surface area contributed by atoms with Crippen molar-refractivity contribution in [3.05, 3.63) is 28.8 Å². The fourth-order valence-corrected chi connectivity index (χ4v) is 1.28. The van der Waals surface area contributed by atoms with Crippen LogP contribution in [0.25, 0.3) is 5.95 Å². The van der Waals surface area contributed by atoms with E-state index in [0.29, 0.717) is 0 Å². The molecule has 2 aromatic rings. The van der Waals surface area contributed by atoms with E-state index in [-0.39, 0.29) is 17.3 Å². The molecule has 0 atom stereocenters. The van der Waals surface area contributed by atoms with E-state index in [0.717, 1.165) is 4.47 Å². The molecular formula is C8H6BrN5O2. The van der Waals surface area contributed by atoms with Crippen molar-refractivity contribution in [1.29, 1.82) is 0 Å². The number of hydrogen-bond donors (Lipinski definition) is 2. The first-order valence-electron chi connectivity index (χ1n) is 4.14. The first kappa shape index (κ1) is 10.6. The van der Waals surface area contributed by atoms with Crippen LogP contribution in [-0.4, -0.2) is 30.8 Å². The quantitative estimate of drug-likeness (QED) is 0.840.